The number of anilines is 2. The molecule has 1 amide bonds. The van der Waals surface area contributed by atoms with E-state index in [9.17, 15) is 9.18 Å². The lowest BCUT2D eigenvalue weighted by atomic mass is 10.2. The minimum atomic E-state index is -0.333. The first-order chi connectivity index (χ1) is 11.6. The monoisotopic (exact) mass is 338 g/mol. The smallest absolute Gasteiger partial charge is 0.257 e. The summed E-state index contributed by atoms with van der Waals surface area (Å²) in [7, 11) is 0. The topological polar surface area (TPSA) is 33.2 Å². The third kappa shape index (κ3) is 3.75. The fraction of sp³-hybridized carbons (Fsp3) is 0.0526. The molecule has 0 spiro atoms. The van der Waals surface area contributed by atoms with Crippen LogP contribution in [0.2, 0.25) is 0 Å². The molecular formula is C19H15FN2OS. The van der Waals surface area contributed by atoms with Gasteiger partial charge in [0.05, 0.1) is 11.4 Å². The zero-order chi connectivity index (χ0) is 16.9. The van der Waals surface area contributed by atoms with E-state index in [1.807, 2.05) is 42.6 Å². The maximum Gasteiger partial charge on any atom is 0.257 e. The van der Waals surface area contributed by atoms with Crippen LogP contribution in [0.4, 0.5) is 15.2 Å². The third-order valence-corrected chi connectivity index (χ3v) is 4.24. The van der Waals surface area contributed by atoms with Gasteiger partial charge in [-0.05, 0) is 42.8 Å². The zero-order valence-electron chi connectivity index (χ0n) is 13.0. The zero-order valence-corrected chi connectivity index (χ0v) is 13.8. The van der Waals surface area contributed by atoms with Crippen molar-refractivity contribution in [3.8, 4) is 0 Å². The number of hydrogen-bond donors (Lipinski definition) is 0. The van der Waals surface area contributed by atoms with Gasteiger partial charge in [-0.3, -0.25) is 9.69 Å². The summed E-state index contributed by atoms with van der Waals surface area (Å²) >= 11 is 1.41. The lowest BCUT2D eigenvalue weighted by Gasteiger charge is -2.18. The van der Waals surface area contributed by atoms with Crippen molar-refractivity contribution in [1.29, 1.82) is 0 Å². The summed E-state index contributed by atoms with van der Waals surface area (Å²) < 4.78 is 13.2. The van der Waals surface area contributed by atoms with Crippen molar-refractivity contribution in [1.82, 2.24) is 4.98 Å². The van der Waals surface area contributed by atoms with Crippen LogP contribution in [-0.2, 0) is 4.79 Å². The first-order valence-corrected chi connectivity index (χ1v) is 8.26. The van der Waals surface area contributed by atoms with E-state index >= 15 is 0 Å². The minimum Gasteiger partial charge on any atom is -0.269 e. The molecule has 3 nitrogen and oxygen atoms in total. The second-order valence-electron chi connectivity index (χ2n) is 5.17. The van der Waals surface area contributed by atoms with Crippen LogP contribution in [0.5, 0.6) is 0 Å². The van der Waals surface area contributed by atoms with E-state index in [1.165, 1.54) is 29.5 Å². The minimum absolute atomic E-state index is 0.236. The number of amides is 1. The van der Waals surface area contributed by atoms with Gasteiger partial charge in [0.1, 0.15) is 5.82 Å². The molecule has 0 aliphatic rings. The van der Waals surface area contributed by atoms with E-state index in [2.05, 4.69) is 4.98 Å². The highest BCUT2D eigenvalue weighted by molar-refractivity contribution is 7.14. The Hall–Kier alpha value is -2.79. The summed E-state index contributed by atoms with van der Waals surface area (Å²) in [5.74, 6) is -0.570. The predicted molar refractivity (Wildman–Crippen MR) is 95.9 cm³/mol. The number of para-hydroxylation sites is 1. The maximum absolute atomic E-state index is 13.2. The van der Waals surface area contributed by atoms with Crippen LogP contribution >= 0.6 is 11.3 Å². The van der Waals surface area contributed by atoms with Crippen LogP contribution in [0.3, 0.4) is 0 Å². The van der Waals surface area contributed by atoms with E-state index < -0.39 is 0 Å². The molecule has 0 bridgehead atoms. The van der Waals surface area contributed by atoms with Gasteiger partial charge in [0.25, 0.3) is 5.91 Å². The number of carbonyl (C=O) groups is 1. The molecule has 0 radical (unpaired) electrons. The molecule has 0 atom stereocenters. The Morgan fingerprint density at radius 1 is 1.17 bits per heavy atom. The molecule has 0 aliphatic heterocycles. The van der Waals surface area contributed by atoms with E-state index in [0.29, 0.717) is 10.7 Å². The average Bonchev–Trinajstić information content (AvgIpc) is 3.00. The van der Waals surface area contributed by atoms with Gasteiger partial charge in [-0.1, -0.05) is 30.3 Å². The molecule has 1 heterocycles. The molecule has 5 heteroatoms. The van der Waals surface area contributed by atoms with E-state index in [1.54, 1.807) is 23.1 Å². The fourth-order valence-corrected chi connectivity index (χ4v) is 3.03. The van der Waals surface area contributed by atoms with Gasteiger partial charge < -0.3 is 0 Å². The Morgan fingerprint density at radius 3 is 2.62 bits per heavy atom. The second kappa shape index (κ2) is 7.19. The normalized spacial score (nSPS) is 10.9. The molecule has 1 aromatic heterocycles. The van der Waals surface area contributed by atoms with E-state index in [0.717, 1.165) is 11.4 Å². The lowest BCUT2D eigenvalue weighted by Crippen LogP contribution is -2.23. The number of rotatable bonds is 4. The summed E-state index contributed by atoms with van der Waals surface area (Å²) in [5.41, 5.74) is 2.23. The molecule has 0 saturated carbocycles. The van der Waals surface area contributed by atoms with Gasteiger partial charge in [-0.15, -0.1) is 11.3 Å². The Balaban J connectivity index is 1.92. The predicted octanol–water partition coefficient (Wildman–Crippen LogP) is 4.97. The van der Waals surface area contributed by atoms with Crippen molar-refractivity contribution in [2.75, 3.05) is 4.90 Å². The van der Waals surface area contributed by atoms with Crippen LogP contribution in [0.1, 0.15) is 11.3 Å². The largest absolute Gasteiger partial charge is 0.269 e. The average molecular weight is 338 g/mol. The Labute approximate surface area is 143 Å². The summed E-state index contributed by atoms with van der Waals surface area (Å²) in [6.45, 7) is 1.89. The quantitative estimate of drug-likeness (QED) is 0.629. The first kappa shape index (κ1) is 16.1. The van der Waals surface area contributed by atoms with Gasteiger partial charge in [-0.2, -0.15) is 0 Å². The Kier molecular flexibility index (Phi) is 4.82. The number of benzene rings is 2. The molecule has 0 fully saturated rings. The van der Waals surface area contributed by atoms with Crippen LogP contribution in [0.15, 0.2) is 66.1 Å². The number of thiazole rings is 1. The molecule has 0 unspecified atom stereocenters. The van der Waals surface area contributed by atoms with Crippen molar-refractivity contribution in [3.05, 3.63) is 83.1 Å². The van der Waals surface area contributed by atoms with Gasteiger partial charge >= 0.3 is 0 Å². The van der Waals surface area contributed by atoms with Crippen molar-refractivity contribution in [2.24, 2.45) is 0 Å². The summed E-state index contributed by atoms with van der Waals surface area (Å²) in [6, 6.07) is 15.4. The molecule has 24 heavy (non-hydrogen) atoms. The van der Waals surface area contributed by atoms with Crippen molar-refractivity contribution < 1.29 is 9.18 Å². The van der Waals surface area contributed by atoms with Gasteiger partial charge in [-0.25, -0.2) is 9.37 Å². The van der Waals surface area contributed by atoms with E-state index in [-0.39, 0.29) is 11.7 Å². The number of nitrogens with zero attached hydrogens (tertiary/aromatic N) is 2. The lowest BCUT2D eigenvalue weighted by molar-refractivity contribution is -0.113. The highest BCUT2D eigenvalue weighted by Crippen LogP contribution is 2.28. The van der Waals surface area contributed by atoms with E-state index in [4.69, 9.17) is 0 Å². The molecule has 2 aromatic carbocycles. The third-order valence-electron chi connectivity index (χ3n) is 3.30. The molecular weight excluding hydrogens is 323 g/mol. The Morgan fingerprint density at radius 2 is 1.96 bits per heavy atom. The molecule has 0 saturated heterocycles. The maximum atomic E-state index is 13.2. The van der Waals surface area contributed by atoms with Crippen LogP contribution in [0.25, 0.3) is 6.08 Å². The second-order valence-corrected chi connectivity index (χ2v) is 6.01. The van der Waals surface area contributed by atoms with Crippen LogP contribution in [-0.4, -0.2) is 10.9 Å². The number of aromatic nitrogens is 1. The van der Waals surface area contributed by atoms with Crippen LogP contribution in [0, 0.1) is 12.7 Å². The number of carbonyl (C=O) groups excluding carboxylic acids is 1. The van der Waals surface area contributed by atoms with Gasteiger partial charge in [0.2, 0.25) is 0 Å². The SMILES string of the molecule is Cc1csc(N(C(=O)/C=C/c2cccc(F)c2)c2ccccc2)n1. The Bertz CT molecular complexity index is 874. The van der Waals surface area contributed by atoms with Crippen molar-refractivity contribution in [3.63, 3.8) is 0 Å². The number of halogens is 1. The molecule has 0 aliphatic carbocycles. The van der Waals surface area contributed by atoms with Crippen molar-refractivity contribution >= 4 is 34.1 Å². The summed E-state index contributed by atoms with van der Waals surface area (Å²) in [5, 5.41) is 2.50. The standard InChI is InChI=1S/C19H15FN2OS/c1-14-13-24-19(21-14)22(17-8-3-2-4-9-17)18(23)11-10-15-6-5-7-16(20)12-15/h2-13H,1H3/b11-10+. The summed E-state index contributed by atoms with van der Waals surface area (Å²) in [6.07, 6.45) is 3.03. The molecule has 120 valence electrons. The number of aryl methyl sites for hydroxylation is 1. The van der Waals surface area contributed by atoms with Gasteiger partial charge in [0.15, 0.2) is 5.13 Å². The highest BCUT2D eigenvalue weighted by Gasteiger charge is 2.18. The van der Waals surface area contributed by atoms with Crippen LogP contribution < -0.4 is 4.90 Å². The molecule has 3 rings (SSSR count). The molecule has 3 aromatic rings. The van der Waals surface area contributed by atoms with Gasteiger partial charge in [0, 0.05) is 11.5 Å². The molecule has 0 N–H and O–H groups in total. The highest BCUT2D eigenvalue weighted by atomic mass is 32.1. The summed E-state index contributed by atoms with van der Waals surface area (Å²) in [4.78, 5) is 18.7. The first-order valence-electron chi connectivity index (χ1n) is 7.38. The van der Waals surface area contributed by atoms with Crippen molar-refractivity contribution in [2.45, 2.75) is 6.92 Å². The fourth-order valence-electron chi connectivity index (χ4n) is 2.21. The number of hydrogen-bond acceptors (Lipinski definition) is 3.